The largest absolute Gasteiger partial charge is 0.497 e. The number of carbonyl (C=O) groups is 2. The summed E-state index contributed by atoms with van der Waals surface area (Å²) in [5.74, 6) is -0.0218. The van der Waals surface area contributed by atoms with Crippen molar-refractivity contribution in [3.63, 3.8) is 0 Å². The van der Waals surface area contributed by atoms with Gasteiger partial charge in [0, 0.05) is 11.9 Å². The first-order valence-electron chi connectivity index (χ1n) is 6.78. The van der Waals surface area contributed by atoms with E-state index in [9.17, 15) is 9.59 Å². The highest BCUT2D eigenvalue weighted by Crippen LogP contribution is 2.14. The van der Waals surface area contributed by atoms with Crippen molar-refractivity contribution in [3.8, 4) is 5.75 Å². The number of nitrogens with one attached hydrogen (secondary N) is 2. The van der Waals surface area contributed by atoms with E-state index in [2.05, 4.69) is 15.6 Å². The number of hydrogen-bond acceptors (Lipinski definition) is 4. The molecule has 0 aliphatic rings. The number of amides is 2. The summed E-state index contributed by atoms with van der Waals surface area (Å²) in [6, 6.07) is 12.3. The topological polar surface area (TPSA) is 80.3 Å². The van der Waals surface area contributed by atoms with E-state index >= 15 is 0 Å². The SMILES string of the molecule is COc1ccc(NC(=O)CC(=O)NCc2ccccn2)cc1. The molecule has 1 aromatic heterocycles. The minimum absolute atomic E-state index is 0.237. The van der Waals surface area contributed by atoms with Crippen LogP contribution in [-0.4, -0.2) is 23.9 Å². The van der Waals surface area contributed by atoms with E-state index in [4.69, 9.17) is 4.74 Å². The summed E-state index contributed by atoms with van der Waals surface area (Å²) in [4.78, 5) is 27.6. The third kappa shape index (κ3) is 4.90. The van der Waals surface area contributed by atoms with Gasteiger partial charge in [0.15, 0.2) is 0 Å². The Morgan fingerprint density at radius 1 is 1.09 bits per heavy atom. The molecule has 0 unspecified atom stereocenters. The lowest BCUT2D eigenvalue weighted by Crippen LogP contribution is -2.28. The van der Waals surface area contributed by atoms with Crippen LogP contribution in [0.4, 0.5) is 5.69 Å². The molecule has 1 aromatic carbocycles. The molecular formula is C16H17N3O3. The lowest BCUT2D eigenvalue weighted by Gasteiger charge is -2.07. The first kappa shape index (κ1) is 15.5. The number of hydrogen-bond donors (Lipinski definition) is 2. The fourth-order valence-electron chi connectivity index (χ4n) is 1.78. The van der Waals surface area contributed by atoms with Crippen molar-refractivity contribution >= 4 is 17.5 Å². The minimum Gasteiger partial charge on any atom is -0.497 e. The number of pyridine rings is 1. The number of rotatable bonds is 6. The van der Waals surface area contributed by atoms with Crippen molar-refractivity contribution in [2.75, 3.05) is 12.4 Å². The van der Waals surface area contributed by atoms with Crippen molar-refractivity contribution < 1.29 is 14.3 Å². The summed E-state index contributed by atoms with van der Waals surface area (Å²) in [7, 11) is 1.57. The standard InChI is InChI=1S/C16H17N3O3/c1-22-14-7-5-12(6-8-14)19-16(21)10-15(20)18-11-13-4-2-3-9-17-13/h2-9H,10-11H2,1H3,(H,18,20)(H,19,21). The highest BCUT2D eigenvalue weighted by Gasteiger charge is 2.09. The number of nitrogens with zero attached hydrogens (tertiary/aromatic N) is 1. The third-order valence-electron chi connectivity index (χ3n) is 2.89. The Hall–Kier alpha value is -2.89. The van der Waals surface area contributed by atoms with E-state index in [0.29, 0.717) is 18.0 Å². The predicted octanol–water partition coefficient (Wildman–Crippen LogP) is 1.74. The predicted molar refractivity (Wildman–Crippen MR) is 82.3 cm³/mol. The second-order valence-electron chi connectivity index (χ2n) is 4.55. The maximum Gasteiger partial charge on any atom is 0.233 e. The number of anilines is 1. The molecule has 0 fully saturated rings. The second kappa shape index (κ2) is 7.78. The molecular weight excluding hydrogens is 282 g/mol. The zero-order valence-corrected chi connectivity index (χ0v) is 12.2. The molecule has 0 bridgehead atoms. The molecule has 2 rings (SSSR count). The van der Waals surface area contributed by atoms with E-state index in [0.717, 1.165) is 5.69 Å². The van der Waals surface area contributed by atoms with Crippen LogP contribution in [0.3, 0.4) is 0 Å². The van der Waals surface area contributed by atoms with Crippen LogP contribution < -0.4 is 15.4 Å². The molecule has 22 heavy (non-hydrogen) atoms. The van der Waals surface area contributed by atoms with E-state index < -0.39 is 0 Å². The van der Waals surface area contributed by atoms with Gasteiger partial charge in [-0.25, -0.2) is 0 Å². The van der Waals surface area contributed by atoms with Crippen molar-refractivity contribution in [3.05, 3.63) is 54.4 Å². The Morgan fingerprint density at radius 2 is 1.86 bits per heavy atom. The summed E-state index contributed by atoms with van der Waals surface area (Å²) in [6.45, 7) is 0.301. The van der Waals surface area contributed by atoms with Crippen LogP contribution in [0, 0.1) is 0 Å². The van der Waals surface area contributed by atoms with Crippen LogP contribution in [0.25, 0.3) is 0 Å². The third-order valence-corrected chi connectivity index (χ3v) is 2.89. The van der Waals surface area contributed by atoms with E-state index in [1.807, 2.05) is 6.07 Å². The van der Waals surface area contributed by atoms with Crippen molar-refractivity contribution in [1.82, 2.24) is 10.3 Å². The molecule has 2 N–H and O–H groups in total. The molecule has 0 aliphatic carbocycles. The summed E-state index contributed by atoms with van der Waals surface area (Å²) < 4.78 is 5.03. The van der Waals surface area contributed by atoms with Gasteiger partial charge in [-0.1, -0.05) is 6.07 Å². The van der Waals surface area contributed by atoms with E-state index in [-0.39, 0.29) is 18.2 Å². The van der Waals surface area contributed by atoms with Gasteiger partial charge in [-0.05, 0) is 36.4 Å². The molecule has 0 saturated heterocycles. The average molecular weight is 299 g/mol. The molecule has 0 aliphatic heterocycles. The fourth-order valence-corrected chi connectivity index (χ4v) is 1.78. The Bertz CT molecular complexity index is 627. The molecule has 2 amide bonds. The number of methoxy groups -OCH3 is 1. The molecule has 0 spiro atoms. The summed E-state index contributed by atoms with van der Waals surface area (Å²) >= 11 is 0. The van der Waals surface area contributed by atoms with Gasteiger partial charge in [0.1, 0.15) is 12.2 Å². The van der Waals surface area contributed by atoms with Gasteiger partial charge in [0.25, 0.3) is 0 Å². The van der Waals surface area contributed by atoms with E-state index in [1.54, 1.807) is 49.7 Å². The quantitative estimate of drug-likeness (QED) is 0.796. The highest BCUT2D eigenvalue weighted by atomic mass is 16.5. The Balaban J connectivity index is 1.77. The zero-order valence-electron chi connectivity index (χ0n) is 12.2. The number of ether oxygens (including phenoxy) is 1. The van der Waals surface area contributed by atoms with Crippen LogP contribution in [0.15, 0.2) is 48.7 Å². The summed E-state index contributed by atoms with van der Waals surface area (Å²) in [5.41, 5.74) is 1.36. The van der Waals surface area contributed by atoms with Gasteiger partial charge in [0.05, 0.1) is 19.3 Å². The molecule has 1 heterocycles. The molecule has 2 aromatic rings. The normalized spacial score (nSPS) is 9.86. The van der Waals surface area contributed by atoms with Crippen molar-refractivity contribution in [2.24, 2.45) is 0 Å². The average Bonchev–Trinajstić information content (AvgIpc) is 2.54. The van der Waals surface area contributed by atoms with Crippen LogP contribution in [0.2, 0.25) is 0 Å². The lowest BCUT2D eigenvalue weighted by atomic mass is 10.3. The van der Waals surface area contributed by atoms with E-state index in [1.165, 1.54) is 0 Å². The fraction of sp³-hybridized carbons (Fsp3) is 0.188. The Kier molecular flexibility index (Phi) is 5.48. The van der Waals surface area contributed by atoms with Crippen LogP contribution in [0.5, 0.6) is 5.75 Å². The Morgan fingerprint density at radius 3 is 2.50 bits per heavy atom. The number of benzene rings is 1. The smallest absolute Gasteiger partial charge is 0.233 e. The van der Waals surface area contributed by atoms with Gasteiger partial charge in [-0.3, -0.25) is 14.6 Å². The van der Waals surface area contributed by atoms with Gasteiger partial charge < -0.3 is 15.4 Å². The minimum atomic E-state index is -0.372. The molecule has 0 radical (unpaired) electrons. The number of aromatic nitrogens is 1. The first-order valence-corrected chi connectivity index (χ1v) is 6.78. The van der Waals surface area contributed by atoms with Crippen LogP contribution in [0.1, 0.15) is 12.1 Å². The van der Waals surface area contributed by atoms with Crippen LogP contribution >= 0.6 is 0 Å². The monoisotopic (exact) mass is 299 g/mol. The summed E-state index contributed by atoms with van der Waals surface area (Å²) in [6.07, 6.45) is 1.41. The van der Waals surface area contributed by atoms with Crippen molar-refractivity contribution in [2.45, 2.75) is 13.0 Å². The van der Waals surface area contributed by atoms with Gasteiger partial charge in [-0.15, -0.1) is 0 Å². The van der Waals surface area contributed by atoms with Crippen LogP contribution in [-0.2, 0) is 16.1 Å². The van der Waals surface area contributed by atoms with Gasteiger partial charge in [0.2, 0.25) is 11.8 Å². The highest BCUT2D eigenvalue weighted by molar-refractivity contribution is 6.03. The molecule has 114 valence electrons. The zero-order chi connectivity index (χ0) is 15.8. The lowest BCUT2D eigenvalue weighted by molar-refractivity contribution is -0.126. The summed E-state index contributed by atoms with van der Waals surface area (Å²) in [5, 5.41) is 5.30. The maximum absolute atomic E-state index is 11.8. The molecule has 6 nitrogen and oxygen atoms in total. The molecule has 6 heteroatoms. The molecule has 0 saturated carbocycles. The van der Waals surface area contributed by atoms with Gasteiger partial charge in [-0.2, -0.15) is 0 Å². The second-order valence-corrected chi connectivity index (χ2v) is 4.55. The Labute approximate surface area is 128 Å². The first-order chi connectivity index (χ1) is 10.7. The maximum atomic E-state index is 11.8. The van der Waals surface area contributed by atoms with Gasteiger partial charge >= 0.3 is 0 Å². The van der Waals surface area contributed by atoms with Crippen molar-refractivity contribution in [1.29, 1.82) is 0 Å². The number of carbonyl (C=O) groups excluding carboxylic acids is 2. The molecule has 0 atom stereocenters.